The average molecular weight is 1210 g/mol. The van der Waals surface area contributed by atoms with Gasteiger partial charge in [0.25, 0.3) is 0 Å². The molecule has 0 spiro atoms. The average Bonchev–Trinajstić information content (AvgIpc) is 1.87. The van der Waals surface area contributed by atoms with Crippen LogP contribution in [0.4, 0.5) is 22.7 Å². The third-order valence-electron chi connectivity index (χ3n) is 19.8. The molecule has 4 unspecified atom stereocenters. The zero-order chi connectivity index (χ0) is 57.0. The maximum absolute atomic E-state index is 2.63. The van der Waals surface area contributed by atoms with Crippen molar-refractivity contribution < 1.29 is 0 Å². The molecule has 8 aromatic carbocycles. The minimum absolute atomic E-state index is 0.0902. The van der Waals surface area contributed by atoms with Gasteiger partial charge in [-0.1, -0.05) is 235 Å². The van der Waals surface area contributed by atoms with Gasteiger partial charge in [0.15, 0.2) is 0 Å². The molecule has 0 saturated heterocycles. The van der Waals surface area contributed by atoms with Crippen molar-refractivity contribution in [1.82, 2.24) is 0 Å². The van der Waals surface area contributed by atoms with E-state index in [1.807, 2.05) is 0 Å². The number of halogens is 1. The third-order valence-corrected chi connectivity index (χ3v) is 20.9. The van der Waals surface area contributed by atoms with Crippen LogP contribution >= 0.6 is 22.6 Å². The molecule has 3 heteroatoms. The molecule has 0 amide bonds. The van der Waals surface area contributed by atoms with Gasteiger partial charge in [-0.15, -0.1) is 0 Å². The lowest BCUT2D eigenvalue weighted by Gasteiger charge is -2.45. The lowest BCUT2D eigenvalue weighted by molar-refractivity contribution is 0.551. The van der Waals surface area contributed by atoms with Crippen LogP contribution in [0.1, 0.15) is 74.9 Å². The summed E-state index contributed by atoms with van der Waals surface area (Å²) >= 11 is 2.63. The van der Waals surface area contributed by atoms with Crippen LogP contribution in [0.3, 0.4) is 0 Å². The van der Waals surface area contributed by atoms with E-state index in [2.05, 4.69) is 326 Å². The van der Waals surface area contributed by atoms with Crippen molar-refractivity contribution in [1.29, 1.82) is 0 Å². The van der Waals surface area contributed by atoms with Crippen molar-refractivity contribution >= 4 is 50.9 Å². The van der Waals surface area contributed by atoms with Crippen LogP contribution in [0.15, 0.2) is 318 Å². The van der Waals surface area contributed by atoms with Crippen molar-refractivity contribution in [2.75, 3.05) is 14.2 Å². The highest BCUT2D eigenvalue weighted by molar-refractivity contribution is 14.1. The highest BCUT2D eigenvalue weighted by Crippen LogP contribution is 2.62. The van der Waals surface area contributed by atoms with Gasteiger partial charge in [-0.25, -0.2) is 0 Å². The Morgan fingerprint density at radius 1 is 0.471 bits per heavy atom. The second-order valence-corrected chi connectivity index (χ2v) is 25.2. The first kappa shape index (κ1) is 51.8. The molecule has 4 atom stereocenters. The molecule has 85 heavy (non-hydrogen) atoms. The van der Waals surface area contributed by atoms with Crippen LogP contribution < -0.4 is 9.80 Å². The molecule has 8 aromatic rings. The minimum Gasteiger partial charge on any atom is -0.310 e. The lowest BCUT2D eigenvalue weighted by atomic mass is 9.62. The Labute approximate surface area is 514 Å². The van der Waals surface area contributed by atoms with Crippen molar-refractivity contribution in [2.45, 2.75) is 50.9 Å². The molecule has 0 radical (unpaired) electrons. The molecule has 8 aliphatic carbocycles. The number of hydrogen-bond donors (Lipinski definition) is 0. The van der Waals surface area contributed by atoms with E-state index in [1.54, 1.807) is 0 Å². The lowest BCUT2D eigenvalue weighted by Crippen LogP contribution is -2.36. The van der Waals surface area contributed by atoms with Crippen molar-refractivity contribution in [3.8, 4) is 11.1 Å². The normalized spacial score (nSPS) is 21.4. The summed E-state index contributed by atoms with van der Waals surface area (Å²) in [5.74, 6) is 0.570. The molecule has 2 nitrogen and oxygen atoms in total. The Bertz CT molecular complexity index is 4470. The Morgan fingerprint density at radius 3 is 1.72 bits per heavy atom. The summed E-state index contributed by atoms with van der Waals surface area (Å²) in [6.07, 6.45) is 34.5. The first-order valence-corrected chi connectivity index (χ1v) is 32.0. The van der Waals surface area contributed by atoms with Crippen LogP contribution in [0.2, 0.25) is 0 Å². The summed E-state index contributed by atoms with van der Waals surface area (Å²) in [6, 6.07) is 74.1. The number of aryl methyl sites for hydroxylation is 3. The molecule has 0 saturated carbocycles. The number of allylic oxidation sites excluding steroid dienone is 20. The van der Waals surface area contributed by atoms with Crippen LogP contribution in [0, 0.1) is 38.5 Å². The Hall–Kier alpha value is -8.77. The molecule has 0 bridgehead atoms. The first-order valence-electron chi connectivity index (χ1n) is 30.4. The quantitative estimate of drug-likeness (QED) is 0.0941. The predicted octanol–water partition coefficient (Wildman–Crippen LogP) is 20.6. The molecule has 410 valence electrons. The van der Waals surface area contributed by atoms with E-state index in [1.165, 1.54) is 117 Å². The predicted molar refractivity (Wildman–Crippen MR) is 363 cm³/mol. The van der Waals surface area contributed by atoms with E-state index in [4.69, 9.17) is 0 Å². The number of benzene rings is 8. The third kappa shape index (κ3) is 7.81. The fourth-order valence-corrected chi connectivity index (χ4v) is 17.2. The van der Waals surface area contributed by atoms with E-state index in [9.17, 15) is 0 Å². The van der Waals surface area contributed by atoms with Gasteiger partial charge in [0, 0.05) is 50.4 Å². The number of alkyl halides is 1. The van der Waals surface area contributed by atoms with Crippen LogP contribution in [-0.4, -0.2) is 4.43 Å². The van der Waals surface area contributed by atoms with Gasteiger partial charge >= 0.3 is 0 Å². The topological polar surface area (TPSA) is 6.48 Å². The van der Waals surface area contributed by atoms with Gasteiger partial charge in [0.05, 0.1) is 10.8 Å². The molecule has 0 aromatic heterocycles. The molecule has 0 heterocycles. The molecule has 0 fully saturated rings. The fourth-order valence-electron chi connectivity index (χ4n) is 16.3. The maximum Gasteiger partial charge on any atom is 0.0713 e. The van der Waals surface area contributed by atoms with E-state index >= 15 is 0 Å². The number of rotatable bonds is 11. The second kappa shape index (κ2) is 20.5. The maximum atomic E-state index is 2.63. The highest BCUT2D eigenvalue weighted by atomic mass is 127. The van der Waals surface area contributed by atoms with Gasteiger partial charge in [-0.2, -0.15) is 0 Å². The van der Waals surface area contributed by atoms with Crippen LogP contribution in [-0.2, 0) is 10.8 Å². The largest absolute Gasteiger partial charge is 0.310 e. The monoisotopic (exact) mass is 1200 g/mol. The van der Waals surface area contributed by atoms with E-state index in [0.717, 1.165) is 46.4 Å². The summed E-state index contributed by atoms with van der Waals surface area (Å²) in [6.45, 7) is 6.74. The van der Waals surface area contributed by atoms with Gasteiger partial charge < -0.3 is 9.80 Å². The summed E-state index contributed by atoms with van der Waals surface area (Å²) < 4.78 is 1.04. The number of anilines is 4. The van der Waals surface area contributed by atoms with Crippen LogP contribution in [0.5, 0.6) is 0 Å². The van der Waals surface area contributed by atoms with Gasteiger partial charge in [0.1, 0.15) is 0 Å². The number of hydrogen-bond acceptors (Lipinski definition) is 2. The molecular weight excluding hydrogens is 1140 g/mol. The Balaban J connectivity index is 0.849. The van der Waals surface area contributed by atoms with E-state index in [0.29, 0.717) is 5.92 Å². The second-order valence-electron chi connectivity index (χ2n) is 24.3. The fraction of sp³-hybridized carbons (Fsp3) is 0.146. The smallest absolute Gasteiger partial charge is 0.0713 e. The van der Waals surface area contributed by atoms with Crippen LogP contribution in [0.25, 0.3) is 16.7 Å². The zero-order valence-electron chi connectivity index (χ0n) is 48.3. The molecule has 8 aliphatic rings. The summed E-state index contributed by atoms with van der Waals surface area (Å²) in [5.41, 5.74) is 31.6. The van der Waals surface area contributed by atoms with Gasteiger partial charge in [0.2, 0.25) is 0 Å². The summed E-state index contributed by atoms with van der Waals surface area (Å²) in [4.78, 5) is 5.13. The molecule has 0 N–H and O–H groups in total. The van der Waals surface area contributed by atoms with E-state index in [-0.39, 0.29) is 11.8 Å². The first-order chi connectivity index (χ1) is 41.9. The van der Waals surface area contributed by atoms with Crippen molar-refractivity contribution in [3.63, 3.8) is 0 Å². The van der Waals surface area contributed by atoms with Crippen molar-refractivity contribution in [3.05, 3.63) is 374 Å². The molecule has 0 aliphatic heterocycles. The van der Waals surface area contributed by atoms with E-state index < -0.39 is 10.8 Å². The standard InChI is InChI=1S/C82H65IN2/c1-53-20-16-26-61(48-53)84(63-28-18-24-59(50-63)81(71-34-10-4-22-55(71)3)73-36-12-6-30-65(73)66-31-7-13-37-74(66)81)77-46-42-56-41-45-70-78(47-43-57-40-44-69(77)79(56)80(57)70)85(62-27-17-21-54(2)49-62)64-29-19-25-60(51-64)82(72-35-11-5-23-58(72)52-83)75-38-14-8-32-67(75)68-33-9-15-39-76(68)82/h4-6,8-22,24-30,32-51,58,79-80H,7,23,31,52H2,1-3H3. The molecule has 16 rings (SSSR count). The number of fused-ring (bicyclic) bond motifs is 5. The highest BCUT2D eigenvalue weighted by Gasteiger charge is 2.51. The summed E-state index contributed by atoms with van der Waals surface area (Å²) in [5, 5.41) is 0. The number of nitrogens with zero attached hydrogens (tertiary/aromatic N) is 2. The summed E-state index contributed by atoms with van der Waals surface area (Å²) in [7, 11) is 0. The van der Waals surface area contributed by atoms with Gasteiger partial charge in [-0.3, -0.25) is 0 Å². The Morgan fingerprint density at radius 2 is 1.04 bits per heavy atom. The SMILES string of the molecule is Cc1cccc(N(C2=CC=C3C=CC4=C(N(c5cccc(C)c5)c5cccc(C6(c7ccccc7C)C7=C(CCC=C7)c7ccccc76)c5)C=CC5=CC=C2C3C54)c2cccc(C3(C4=CC=CCC4CI)c4ccccc4-c4ccccc43)c2)c1. The zero-order valence-corrected chi connectivity index (χ0v) is 50.5. The minimum atomic E-state index is -0.492. The Kier molecular flexibility index (Phi) is 12.5. The molecular formula is C82H65IN2. The van der Waals surface area contributed by atoms with Crippen molar-refractivity contribution in [2.24, 2.45) is 17.8 Å². The van der Waals surface area contributed by atoms with Gasteiger partial charge in [-0.05, 0) is 212 Å².